The van der Waals surface area contributed by atoms with Crippen molar-refractivity contribution in [1.29, 1.82) is 0 Å². The van der Waals surface area contributed by atoms with E-state index in [4.69, 9.17) is 4.74 Å². The van der Waals surface area contributed by atoms with E-state index < -0.39 is 0 Å². The number of fused-ring (bicyclic) bond motifs is 1. The molecule has 1 aromatic carbocycles. The van der Waals surface area contributed by atoms with E-state index in [1.54, 1.807) is 17.0 Å². The third-order valence-corrected chi connectivity index (χ3v) is 5.07. The lowest BCUT2D eigenvalue weighted by Gasteiger charge is -2.27. The number of nitrogens with zero attached hydrogens (tertiary/aromatic N) is 3. The summed E-state index contributed by atoms with van der Waals surface area (Å²) < 4.78 is 7.40. The second kappa shape index (κ2) is 7.52. The first-order chi connectivity index (χ1) is 13.1. The second-order valence-electron chi connectivity index (χ2n) is 7.14. The van der Waals surface area contributed by atoms with Gasteiger partial charge in [-0.3, -0.25) is 14.5 Å². The van der Waals surface area contributed by atoms with Gasteiger partial charge in [-0.05, 0) is 37.5 Å². The van der Waals surface area contributed by atoms with Gasteiger partial charge in [0.2, 0.25) is 5.91 Å². The largest absolute Gasteiger partial charge is 0.376 e. The number of aryl methyl sites for hydroxylation is 2. The Balaban J connectivity index is 1.40. The Morgan fingerprint density at radius 1 is 1.33 bits per heavy atom. The highest BCUT2D eigenvalue weighted by Gasteiger charge is 2.25. The molecule has 4 rings (SSSR count). The molecule has 1 fully saturated rings. The average molecular weight is 368 g/mol. The summed E-state index contributed by atoms with van der Waals surface area (Å²) in [4.78, 5) is 26.4. The number of anilines is 1. The quantitative estimate of drug-likeness (QED) is 0.876. The molecule has 1 N–H and O–H groups in total. The summed E-state index contributed by atoms with van der Waals surface area (Å²) in [7, 11) is 0. The van der Waals surface area contributed by atoms with Crippen molar-refractivity contribution in [2.24, 2.45) is 0 Å². The number of aromatic nitrogens is 2. The minimum absolute atomic E-state index is 0.0974. The number of hydrogen-bond donors (Lipinski definition) is 1. The summed E-state index contributed by atoms with van der Waals surface area (Å²) in [5, 5.41) is 7.35. The predicted molar refractivity (Wildman–Crippen MR) is 101 cm³/mol. The molecule has 1 aromatic heterocycles. The van der Waals surface area contributed by atoms with Crippen LogP contribution in [0.25, 0.3) is 0 Å². The van der Waals surface area contributed by atoms with Crippen LogP contribution in [0.1, 0.15) is 40.9 Å². The molecule has 3 heterocycles. The lowest BCUT2D eigenvalue weighted by molar-refractivity contribution is -0.119. The van der Waals surface area contributed by atoms with E-state index in [9.17, 15) is 9.59 Å². The van der Waals surface area contributed by atoms with Gasteiger partial charge < -0.3 is 10.1 Å². The summed E-state index contributed by atoms with van der Waals surface area (Å²) in [5.41, 5.74) is 2.50. The molecule has 0 saturated carbocycles. The van der Waals surface area contributed by atoms with E-state index in [0.717, 1.165) is 36.5 Å². The van der Waals surface area contributed by atoms with Gasteiger partial charge in [0.1, 0.15) is 5.82 Å². The third kappa shape index (κ3) is 3.88. The molecule has 0 unspecified atom stereocenters. The van der Waals surface area contributed by atoms with Gasteiger partial charge >= 0.3 is 0 Å². The number of carbonyl (C=O) groups excluding carboxylic acids is 2. The van der Waals surface area contributed by atoms with E-state index >= 15 is 0 Å². The fraction of sp³-hybridized carbons (Fsp3) is 0.450. The Kier molecular flexibility index (Phi) is 4.94. The first kappa shape index (κ1) is 17.7. The van der Waals surface area contributed by atoms with Crippen molar-refractivity contribution in [3.05, 3.63) is 47.2 Å². The highest BCUT2D eigenvalue weighted by Crippen LogP contribution is 2.24. The van der Waals surface area contributed by atoms with Gasteiger partial charge in [-0.2, -0.15) is 5.10 Å². The van der Waals surface area contributed by atoms with Gasteiger partial charge in [0.05, 0.1) is 24.9 Å². The van der Waals surface area contributed by atoms with Crippen LogP contribution in [0, 0.1) is 6.92 Å². The lowest BCUT2D eigenvalue weighted by Crippen LogP contribution is -2.37. The maximum absolute atomic E-state index is 12.4. The number of ether oxygens (including phenoxy) is 1. The summed E-state index contributed by atoms with van der Waals surface area (Å²) in [6.45, 7) is 4.36. The maximum Gasteiger partial charge on any atom is 0.251 e. The zero-order chi connectivity index (χ0) is 18.8. The van der Waals surface area contributed by atoms with E-state index in [1.165, 1.54) is 0 Å². The second-order valence-corrected chi connectivity index (χ2v) is 7.14. The molecular formula is C20H24N4O3. The molecule has 0 radical (unpaired) electrons. The van der Waals surface area contributed by atoms with Crippen molar-refractivity contribution in [3.63, 3.8) is 0 Å². The topological polar surface area (TPSA) is 76.5 Å². The van der Waals surface area contributed by atoms with Crippen LogP contribution in [0.15, 0.2) is 30.3 Å². The fourth-order valence-electron chi connectivity index (χ4n) is 3.61. The van der Waals surface area contributed by atoms with Gasteiger partial charge in [-0.25, -0.2) is 4.68 Å². The van der Waals surface area contributed by atoms with Crippen LogP contribution < -0.4 is 10.2 Å². The minimum atomic E-state index is -0.0974. The zero-order valence-electron chi connectivity index (χ0n) is 15.5. The Morgan fingerprint density at radius 2 is 2.15 bits per heavy atom. The van der Waals surface area contributed by atoms with E-state index in [-0.39, 0.29) is 17.9 Å². The lowest BCUT2D eigenvalue weighted by atomic mass is 10.1. The minimum Gasteiger partial charge on any atom is -0.376 e. The van der Waals surface area contributed by atoms with E-state index in [1.807, 2.05) is 29.8 Å². The van der Waals surface area contributed by atoms with E-state index in [2.05, 4.69) is 10.4 Å². The van der Waals surface area contributed by atoms with Crippen LogP contribution in [0.4, 0.5) is 5.82 Å². The Morgan fingerprint density at radius 3 is 2.89 bits per heavy atom. The normalized spacial score (nSPS) is 19.2. The third-order valence-electron chi connectivity index (χ3n) is 5.07. The first-order valence-corrected chi connectivity index (χ1v) is 9.44. The highest BCUT2D eigenvalue weighted by atomic mass is 16.5. The molecular weight excluding hydrogens is 344 g/mol. The summed E-state index contributed by atoms with van der Waals surface area (Å²) >= 11 is 0. The molecule has 1 saturated heterocycles. The molecule has 7 heteroatoms. The van der Waals surface area contributed by atoms with Crippen LogP contribution in [0.2, 0.25) is 0 Å². The number of hydrogen-bond acceptors (Lipinski definition) is 4. The van der Waals surface area contributed by atoms with Crippen LogP contribution in [0.3, 0.4) is 0 Å². The summed E-state index contributed by atoms with van der Waals surface area (Å²) in [6, 6.07) is 9.34. The number of benzene rings is 1. The monoisotopic (exact) mass is 368 g/mol. The van der Waals surface area contributed by atoms with Gasteiger partial charge in [0.15, 0.2) is 0 Å². The van der Waals surface area contributed by atoms with Crippen LogP contribution in [0.5, 0.6) is 0 Å². The average Bonchev–Trinajstić information content (AvgIpc) is 3.31. The van der Waals surface area contributed by atoms with Crippen molar-refractivity contribution in [1.82, 2.24) is 15.1 Å². The number of amides is 2. The van der Waals surface area contributed by atoms with Crippen molar-refractivity contribution < 1.29 is 14.3 Å². The SMILES string of the molecule is Cc1cc2n(n1)CCC(=O)N2Cc1ccc(C(=O)NC[C@@H]2CCCO2)cc1. The number of carbonyl (C=O) groups is 2. The summed E-state index contributed by atoms with van der Waals surface area (Å²) in [6.07, 6.45) is 2.64. The van der Waals surface area contributed by atoms with Crippen LogP contribution >= 0.6 is 0 Å². The molecule has 2 aromatic rings. The van der Waals surface area contributed by atoms with Gasteiger partial charge in [0, 0.05) is 31.2 Å². The predicted octanol–water partition coefficient (Wildman–Crippen LogP) is 2.04. The van der Waals surface area contributed by atoms with Gasteiger partial charge in [0.25, 0.3) is 5.91 Å². The van der Waals surface area contributed by atoms with Crippen molar-refractivity contribution in [2.75, 3.05) is 18.1 Å². The molecule has 27 heavy (non-hydrogen) atoms. The Hall–Kier alpha value is -2.67. The van der Waals surface area contributed by atoms with Gasteiger partial charge in [-0.1, -0.05) is 12.1 Å². The fourth-order valence-corrected chi connectivity index (χ4v) is 3.61. The number of nitrogens with one attached hydrogen (secondary N) is 1. The Bertz CT molecular complexity index is 837. The van der Waals surface area contributed by atoms with Gasteiger partial charge in [-0.15, -0.1) is 0 Å². The molecule has 7 nitrogen and oxygen atoms in total. The first-order valence-electron chi connectivity index (χ1n) is 9.44. The van der Waals surface area contributed by atoms with Crippen molar-refractivity contribution >= 4 is 17.6 Å². The molecule has 2 amide bonds. The maximum atomic E-state index is 12.4. The zero-order valence-corrected chi connectivity index (χ0v) is 15.5. The molecule has 0 spiro atoms. The summed E-state index contributed by atoms with van der Waals surface area (Å²) in [5.74, 6) is 0.836. The molecule has 0 bridgehead atoms. The van der Waals surface area contributed by atoms with Crippen molar-refractivity contribution in [3.8, 4) is 0 Å². The van der Waals surface area contributed by atoms with Crippen LogP contribution in [-0.4, -0.2) is 40.9 Å². The molecule has 142 valence electrons. The standard InChI is InChI=1S/C20H24N4O3/c1-14-11-18-23(19(25)8-9-24(18)22-14)13-15-4-6-16(7-5-15)20(26)21-12-17-3-2-10-27-17/h4-7,11,17H,2-3,8-10,12-13H2,1H3,(H,21,26)/t17-/m0/s1. The molecule has 2 aliphatic heterocycles. The molecule has 0 aliphatic carbocycles. The molecule has 2 aliphatic rings. The Labute approximate surface area is 158 Å². The number of rotatable bonds is 5. The highest BCUT2D eigenvalue weighted by molar-refractivity contribution is 5.95. The van der Waals surface area contributed by atoms with E-state index in [0.29, 0.717) is 31.6 Å². The molecule has 1 atom stereocenters. The van der Waals surface area contributed by atoms with Crippen molar-refractivity contribution in [2.45, 2.75) is 45.4 Å². The smallest absolute Gasteiger partial charge is 0.251 e. The van der Waals surface area contributed by atoms with Crippen LogP contribution in [-0.2, 0) is 22.6 Å².